The Labute approximate surface area is 148 Å². The van der Waals surface area contributed by atoms with Crippen molar-refractivity contribution in [1.82, 2.24) is 9.88 Å². The number of pyridine rings is 1. The van der Waals surface area contributed by atoms with Crippen molar-refractivity contribution in [3.63, 3.8) is 0 Å². The molecule has 1 fully saturated rings. The Hall–Kier alpha value is -2.45. The Morgan fingerprint density at radius 1 is 1.19 bits per heavy atom. The van der Waals surface area contributed by atoms with Crippen LogP contribution in [-0.2, 0) is 28.9 Å². The molecule has 1 aliphatic rings. The Morgan fingerprint density at radius 3 is 2.54 bits per heavy atom. The quantitative estimate of drug-likeness (QED) is 0.904. The highest BCUT2D eigenvalue weighted by atomic mass is 19.4. The largest absolute Gasteiger partial charge is 0.418 e. The molecule has 1 saturated heterocycles. The summed E-state index contributed by atoms with van der Waals surface area (Å²) in [6.45, 7) is 0.654. The third kappa shape index (κ3) is 3.86. The van der Waals surface area contributed by atoms with E-state index < -0.39 is 18.3 Å². The maximum absolute atomic E-state index is 13.4. The first-order valence-electron chi connectivity index (χ1n) is 8.01. The molecular formula is C18H17F3N2O3. The highest BCUT2D eigenvalue weighted by molar-refractivity contribution is 5.78. The lowest BCUT2D eigenvalue weighted by Gasteiger charge is -2.26. The van der Waals surface area contributed by atoms with Gasteiger partial charge < -0.3 is 14.7 Å². The number of hydrogen-bond acceptors (Lipinski definition) is 4. The Kier molecular flexibility index (Phi) is 5.24. The molecule has 1 amide bonds. The summed E-state index contributed by atoms with van der Waals surface area (Å²) in [5.74, 6) is -0.114. The van der Waals surface area contributed by atoms with Crippen molar-refractivity contribution in [2.45, 2.75) is 19.3 Å². The van der Waals surface area contributed by atoms with Gasteiger partial charge in [-0.3, -0.25) is 9.78 Å². The number of amides is 1. The van der Waals surface area contributed by atoms with Gasteiger partial charge in [-0.15, -0.1) is 0 Å². The summed E-state index contributed by atoms with van der Waals surface area (Å²) in [5.41, 5.74) is -0.275. The van der Waals surface area contributed by atoms with Crippen molar-refractivity contribution in [1.29, 1.82) is 0 Å². The maximum atomic E-state index is 13.4. The third-order valence-electron chi connectivity index (χ3n) is 4.18. The summed E-state index contributed by atoms with van der Waals surface area (Å²) in [4.78, 5) is 17.3. The fourth-order valence-corrected chi connectivity index (χ4v) is 2.87. The number of aliphatic hydroxyl groups is 1. The van der Waals surface area contributed by atoms with Crippen molar-refractivity contribution >= 4 is 5.91 Å². The molecule has 2 heterocycles. The molecule has 26 heavy (non-hydrogen) atoms. The third-order valence-corrected chi connectivity index (χ3v) is 4.18. The number of aliphatic hydroxyl groups excluding tert-OH is 1. The first kappa shape index (κ1) is 18.3. The molecule has 0 bridgehead atoms. The summed E-state index contributed by atoms with van der Waals surface area (Å²) < 4.78 is 45.3. The van der Waals surface area contributed by atoms with Gasteiger partial charge >= 0.3 is 6.18 Å². The number of nitrogens with zero attached hydrogens (tertiary/aromatic N) is 2. The van der Waals surface area contributed by atoms with Gasteiger partial charge in [0.15, 0.2) is 0 Å². The van der Waals surface area contributed by atoms with E-state index >= 15 is 0 Å². The lowest BCUT2D eigenvalue weighted by atomic mass is 10.00. The Morgan fingerprint density at radius 2 is 1.92 bits per heavy atom. The van der Waals surface area contributed by atoms with Crippen LogP contribution in [0.25, 0.3) is 11.3 Å². The smallest absolute Gasteiger partial charge is 0.392 e. The molecule has 1 N–H and O–H groups in total. The minimum atomic E-state index is -4.62. The van der Waals surface area contributed by atoms with Crippen LogP contribution >= 0.6 is 0 Å². The predicted molar refractivity (Wildman–Crippen MR) is 86.8 cm³/mol. The van der Waals surface area contributed by atoms with E-state index in [0.29, 0.717) is 25.3 Å². The van der Waals surface area contributed by atoms with E-state index in [9.17, 15) is 23.1 Å². The SMILES string of the molecule is O=C1COCCN1Cc1ccc(-c2nccc(CO)c2C(F)(F)F)cc1. The van der Waals surface area contributed by atoms with Crippen LogP contribution in [0.2, 0.25) is 0 Å². The van der Waals surface area contributed by atoms with E-state index in [1.54, 1.807) is 29.2 Å². The second-order valence-corrected chi connectivity index (χ2v) is 5.91. The lowest BCUT2D eigenvalue weighted by Crippen LogP contribution is -2.40. The molecule has 1 aliphatic heterocycles. The molecule has 0 saturated carbocycles. The van der Waals surface area contributed by atoms with Gasteiger partial charge in [0.1, 0.15) is 6.61 Å². The van der Waals surface area contributed by atoms with Crippen molar-refractivity contribution in [3.8, 4) is 11.3 Å². The monoisotopic (exact) mass is 366 g/mol. The maximum Gasteiger partial charge on any atom is 0.418 e. The minimum absolute atomic E-state index is 0.0465. The summed E-state index contributed by atoms with van der Waals surface area (Å²) in [7, 11) is 0. The molecule has 5 nitrogen and oxygen atoms in total. The van der Waals surface area contributed by atoms with Gasteiger partial charge in [-0.1, -0.05) is 24.3 Å². The molecule has 0 atom stereocenters. The van der Waals surface area contributed by atoms with Crippen LogP contribution in [0, 0.1) is 0 Å². The number of carbonyl (C=O) groups excluding carboxylic acids is 1. The normalized spacial score (nSPS) is 15.4. The minimum Gasteiger partial charge on any atom is -0.392 e. The fourth-order valence-electron chi connectivity index (χ4n) is 2.87. The molecule has 2 aromatic rings. The number of morpholine rings is 1. The summed E-state index contributed by atoms with van der Waals surface area (Å²) in [5, 5.41) is 9.23. The van der Waals surface area contributed by atoms with E-state index in [1.807, 2.05) is 0 Å². The number of aromatic nitrogens is 1. The van der Waals surface area contributed by atoms with Gasteiger partial charge in [-0.2, -0.15) is 13.2 Å². The highest BCUT2D eigenvalue weighted by Gasteiger charge is 2.37. The van der Waals surface area contributed by atoms with Crippen LogP contribution in [0.5, 0.6) is 0 Å². The number of alkyl halides is 3. The molecule has 0 radical (unpaired) electrons. The van der Waals surface area contributed by atoms with Gasteiger partial charge in [0.2, 0.25) is 5.91 Å². The molecule has 1 aromatic heterocycles. The van der Waals surface area contributed by atoms with Gasteiger partial charge in [-0.05, 0) is 17.2 Å². The molecule has 0 aliphatic carbocycles. The van der Waals surface area contributed by atoms with Crippen LogP contribution in [0.3, 0.4) is 0 Å². The van der Waals surface area contributed by atoms with Crippen LogP contribution in [-0.4, -0.2) is 40.7 Å². The molecule has 8 heteroatoms. The number of rotatable bonds is 4. The zero-order valence-electron chi connectivity index (χ0n) is 13.8. The first-order valence-corrected chi connectivity index (χ1v) is 8.01. The number of halogens is 3. The fraction of sp³-hybridized carbons (Fsp3) is 0.333. The van der Waals surface area contributed by atoms with Gasteiger partial charge in [0, 0.05) is 24.8 Å². The van der Waals surface area contributed by atoms with Gasteiger partial charge in [0.05, 0.1) is 24.5 Å². The zero-order valence-corrected chi connectivity index (χ0v) is 13.8. The van der Waals surface area contributed by atoms with E-state index in [2.05, 4.69) is 4.98 Å². The van der Waals surface area contributed by atoms with Crippen molar-refractivity contribution < 1.29 is 27.8 Å². The van der Waals surface area contributed by atoms with E-state index in [4.69, 9.17) is 4.74 Å². The number of carbonyl (C=O) groups is 1. The molecule has 1 aromatic carbocycles. The van der Waals surface area contributed by atoms with Crippen LogP contribution in [0.1, 0.15) is 16.7 Å². The Bertz CT molecular complexity index is 791. The summed E-state index contributed by atoms with van der Waals surface area (Å²) >= 11 is 0. The van der Waals surface area contributed by atoms with Crippen LogP contribution in [0.15, 0.2) is 36.5 Å². The van der Waals surface area contributed by atoms with Gasteiger partial charge in [-0.25, -0.2) is 0 Å². The molecule has 138 valence electrons. The molecular weight excluding hydrogens is 349 g/mol. The second kappa shape index (κ2) is 7.43. The molecule has 0 spiro atoms. The average Bonchev–Trinajstić information content (AvgIpc) is 2.63. The summed E-state index contributed by atoms with van der Waals surface area (Å²) in [6, 6.07) is 7.58. The van der Waals surface area contributed by atoms with Gasteiger partial charge in [0.25, 0.3) is 0 Å². The topological polar surface area (TPSA) is 62.7 Å². The number of ether oxygens (including phenoxy) is 1. The predicted octanol–water partition coefficient (Wildman–Crippen LogP) is 2.62. The van der Waals surface area contributed by atoms with Crippen molar-refractivity contribution in [3.05, 3.63) is 53.2 Å². The van der Waals surface area contributed by atoms with Crippen LogP contribution in [0.4, 0.5) is 13.2 Å². The average molecular weight is 366 g/mol. The van der Waals surface area contributed by atoms with E-state index in [0.717, 1.165) is 11.6 Å². The molecule has 0 unspecified atom stereocenters. The highest BCUT2D eigenvalue weighted by Crippen LogP contribution is 2.38. The first-order chi connectivity index (χ1) is 12.4. The zero-order chi connectivity index (χ0) is 18.7. The van der Waals surface area contributed by atoms with Crippen LogP contribution < -0.4 is 0 Å². The molecule has 3 rings (SSSR count). The van der Waals surface area contributed by atoms with E-state index in [1.165, 1.54) is 6.20 Å². The Balaban J connectivity index is 1.88. The number of benzene rings is 1. The standard InChI is InChI=1S/C18H17F3N2O3/c19-18(20,21)16-14(10-24)5-6-22-17(16)13-3-1-12(2-4-13)9-23-7-8-26-11-15(23)25/h1-6,24H,7-11H2. The second-order valence-electron chi connectivity index (χ2n) is 5.91. The summed E-state index contributed by atoms with van der Waals surface area (Å²) in [6.07, 6.45) is -3.38. The van der Waals surface area contributed by atoms with E-state index in [-0.39, 0.29) is 23.8 Å². The van der Waals surface area contributed by atoms with Crippen molar-refractivity contribution in [2.75, 3.05) is 19.8 Å². The number of hydrogen-bond donors (Lipinski definition) is 1. The van der Waals surface area contributed by atoms with Crippen molar-refractivity contribution in [2.24, 2.45) is 0 Å². The lowest BCUT2D eigenvalue weighted by molar-refractivity contribution is -0.143.